The number of nitrogens with zero attached hydrogens (tertiary/aromatic N) is 3. The van der Waals surface area contributed by atoms with Gasteiger partial charge in [0.2, 0.25) is 0 Å². The number of furan rings is 1. The lowest BCUT2D eigenvalue weighted by molar-refractivity contribution is 0.332. The minimum absolute atomic E-state index is 0.000963. The van der Waals surface area contributed by atoms with Crippen molar-refractivity contribution < 1.29 is 4.42 Å². The molecule has 0 unspecified atom stereocenters. The smallest absolute Gasteiger partial charge is 0.297 e. The summed E-state index contributed by atoms with van der Waals surface area (Å²) in [4.78, 5) is 7.70. The van der Waals surface area contributed by atoms with Crippen molar-refractivity contribution in [3.8, 4) is 0 Å². The summed E-state index contributed by atoms with van der Waals surface area (Å²) in [7, 11) is 0. The van der Waals surface area contributed by atoms with Crippen molar-refractivity contribution in [2.75, 3.05) is 14.7 Å². The molecule has 0 radical (unpaired) electrons. The van der Waals surface area contributed by atoms with E-state index in [0.717, 1.165) is 65.4 Å². The first-order valence-electron chi connectivity index (χ1n) is 26.5. The molecule has 0 spiro atoms. The van der Waals surface area contributed by atoms with E-state index in [1.807, 2.05) is 11.3 Å². The summed E-state index contributed by atoms with van der Waals surface area (Å²) in [5, 5.41) is 3.75. The van der Waals surface area contributed by atoms with E-state index in [4.69, 9.17) is 4.42 Å². The van der Waals surface area contributed by atoms with Gasteiger partial charge in [-0.1, -0.05) is 146 Å². The van der Waals surface area contributed by atoms with E-state index in [1.165, 1.54) is 87.1 Å². The minimum atomic E-state index is -0.193. The Kier molecular flexibility index (Phi) is 9.49. The van der Waals surface area contributed by atoms with Crippen molar-refractivity contribution in [3.63, 3.8) is 0 Å². The zero-order chi connectivity index (χ0) is 49.9. The molecule has 360 valence electrons. The topological polar surface area (TPSA) is 22.9 Å². The molecule has 0 bridgehead atoms. The predicted octanol–water partition coefficient (Wildman–Crippen LogP) is 17.4. The second-order valence-corrected chi connectivity index (χ2v) is 25.3. The van der Waals surface area contributed by atoms with Crippen LogP contribution in [0.15, 0.2) is 168 Å². The summed E-state index contributed by atoms with van der Waals surface area (Å²) in [6.07, 6.45) is 4.54. The van der Waals surface area contributed by atoms with E-state index in [9.17, 15) is 0 Å². The first kappa shape index (κ1) is 44.7. The van der Waals surface area contributed by atoms with Gasteiger partial charge in [0.15, 0.2) is 0 Å². The molecule has 4 aliphatic rings. The second kappa shape index (κ2) is 15.5. The maximum absolute atomic E-state index is 7.79. The summed E-state index contributed by atoms with van der Waals surface area (Å²) >= 11 is 1.90. The molecule has 4 heterocycles. The molecular formula is C67H62BN3OS. The van der Waals surface area contributed by atoms with Gasteiger partial charge in [-0.2, -0.15) is 0 Å². The van der Waals surface area contributed by atoms with Crippen LogP contribution in [0.25, 0.3) is 31.1 Å². The fourth-order valence-corrected chi connectivity index (χ4v) is 14.7. The van der Waals surface area contributed by atoms with E-state index >= 15 is 0 Å². The third-order valence-corrected chi connectivity index (χ3v) is 19.0. The standard InChI is InChI=1S/C67H62BN3OS/c1-41-27-29-44(30-28-41)70-55-39-51-50(65(4,5)32-33-66(51,6)7)38-53(55)68-60-56(70)35-45(69(42-19-12-10-13-20-42)43-21-14-11-15-22-43)36-57(60)71(54-25-18-24-47-46-23-16-17-26-59(46)73-62(47)54)61-48-37-49-52(40-58(48)72-63(61)68)67(8,9)34-31-64(49,2)3/h10-30,35-40H,31-34H2,1-9H3. The van der Waals surface area contributed by atoms with Crippen LogP contribution in [0.3, 0.4) is 0 Å². The number of rotatable bonds is 5. The highest BCUT2D eigenvalue weighted by molar-refractivity contribution is 7.26. The molecule has 6 heteroatoms. The lowest BCUT2D eigenvalue weighted by atomic mass is 9.35. The Morgan fingerprint density at radius 2 is 1.03 bits per heavy atom. The highest BCUT2D eigenvalue weighted by Crippen LogP contribution is 2.56. The van der Waals surface area contributed by atoms with Crippen molar-refractivity contribution in [2.45, 2.75) is 110 Å². The zero-order valence-electron chi connectivity index (χ0n) is 43.7. The average Bonchev–Trinajstić information content (AvgIpc) is 3.97. The number of hydrogen-bond donors (Lipinski definition) is 0. The molecule has 10 aromatic rings. The van der Waals surface area contributed by atoms with E-state index in [-0.39, 0.29) is 28.4 Å². The Morgan fingerprint density at radius 1 is 0.479 bits per heavy atom. The van der Waals surface area contributed by atoms with Gasteiger partial charge in [0, 0.05) is 55.0 Å². The van der Waals surface area contributed by atoms with Gasteiger partial charge in [0.05, 0.1) is 27.4 Å². The van der Waals surface area contributed by atoms with Crippen LogP contribution in [0.1, 0.15) is 109 Å². The lowest BCUT2D eigenvalue weighted by Crippen LogP contribution is -2.61. The van der Waals surface area contributed by atoms with Crippen molar-refractivity contribution >= 4 is 117 Å². The Morgan fingerprint density at radius 3 is 1.67 bits per heavy atom. The molecule has 4 nitrogen and oxygen atoms in total. The van der Waals surface area contributed by atoms with Crippen LogP contribution in [-0.2, 0) is 21.7 Å². The van der Waals surface area contributed by atoms with Crippen LogP contribution >= 0.6 is 11.3 Å². The van der Waals surface area contributed by atoms with E-state index in [1.54, 1.807) is 0 Å². The number of para-hydroxylation sites is 2. The molecule has 0 amide bonds. The highest BCUT2D eigenvalue weighted by Gasteiger charge is 2.50. The highest BCUT2D eigenvalue weighted by atomic mass is 32.1. The molecule has 0 N–H and O–H groups in total. The molecule has 73 heavy (non-hydrogen) atoms. The Labute approximate surface area is 435 Å². The zero-order valence-corrected chi connectivity index (χ0v) is 44.5. The largest absolute Gasteiger partial charge is 0.468 e. The molecule has 2 aliphatic carbocycles. The van der Waals surface area contributed by atoms with E-state index < -0.39 is 0 Å². The first-order chi connectivity index (χ1) is 35.1. The number of fused-ring (bicyclic) bond motifs is 11. The molecule has 2 aliphatic heterocycles. The van der Waals surface area contributed by atoms with Crippen molar-refractivity contribution in [2.24, 2.45) is 0 Å². The Balaban J connectivity index is 1.18. The van der Waals surface area contributed by atoms with Crippen molar-refractivity contribution in [1.29, 1.82) is 0 Å². The van der Waals surface area contributed by atoms with Gasteiger partial charge in [-0.05, 0) is 166 Å². The van der Waals surface area contributed by atoms with Crippen molar-refractivity contribution in [1.82, 2.24) is 0 Å². The fourth-order valence-electron chi connectivity index (χ4n) is 13.4. The van der Waals surface area contributed by atoms with Gasteiger partial charge >= 0.3 is 0 Å². The van der Waals surface area contributed by atoms with Crippen LogP contribution in [0.2, 0.25) is 0 Å². The maximum Gasteiger partial charge on any atom is 0.297 e. The summed E-state index contributed by atoms with van der Waals surface area (Å²) in [6, 6.07) is 62.2. The molecule has 0 saturated heterocycles. The number of hydrogen-bond acceptors (Lipinski definition) is 5. The van der Waals surface area contributed by atoms with Crippen LogP contribution in [0.4, 0.5) is 51.2 Å². The SMILES string of the molecule is Cc1ccc(N2c3cc4c(cc3B3c5oc6cc7c(cc6c5N(c5cccc6c5sc5ccccc56)c5cc(N(c6ccccc6)c6ccccc6)cc2c53)C(C)(C)CCC7(C)C)C(C)(C)CCC4(C)C)cc1. The van der Waals surface area contributed by atoms with Gasteiger partial charge in [0.25, 0.3) is 6.71 Å². The van der Waals surface area contributed by atoms with Gasteiger partial charge in [0.1, 0.15) is 5.58 Å². The third-order valence-electron chi connectivity index (χ3n) is 17.8. The molecular weight excluding hydrogens is 906 g/mol. The van der Waals surface area contributed by atoms with Gasteiger partial charge in [-0.15, -0.1) is 11.3 Å². The molecule has 0 fully saturated rings. The Bertz CT molecular complexity index is 3860. The fraction of sp³-hybridized carbons (Fsp3) is 0.254. The van der Waals surface area contributed by atoms with Gasteiger partial charge < -0.3 is 19.1 Å². The maximum atomic E-state index is 7.79. The third kappa shape index (κ3) is 6.58. The van der Waals surface area contributed by atoms with Gasteiger partial charge in [-0.25, -0.2) is 0 Å². The Hall–Kier alpha value is -7.02. The number of anilines is 9. The van der Waals surface area contributed by atoms with Gasteiger partial charge in [-0.3, -0.25) is 0 Å². The summed E-state index contributed by atoms with van der Waals surface area (Å²) in [5.41, 5.74) is 21.9. The molecule has 0 saturated carbocycles. The quantitative estimate of drug-likeness (QED) is 0.160. The summed E-state index contributed by atoms with van der Waals surface area (Å²) < 4.78 is 10.4. The van der Waals surface area contributed by atoms with Crippen LogP contribution < -0.4 is 31.3 Å². The molecule has 0 atom stereocenters. The minimum Gasteiger partial charge on any atom is -0.468 e. The van der Waals surface area contributed by atoms with E-state index in [2.05, 4.69) is 241 Å². The van der Waals surface area contributed by atoms with E-state index in [0.29, 0.717) is 0 Å². The van der Waals surface area contributed by atoms with Crippen molar-refractivity contribution in [3.05, 3.63) is 192 Å². The first-order valence-corrected chi connectivity index (χ1v) is 27.4. The number of benzene rings is 8. The van der Waals surface area contributed by atoms with Crippen LogP contribution in [-0.4, -0.2) is 6.71 Å². The summed E-state index contributed by atoms with van der Waals surface area (Å²) in [6.45, 7) is 21.6. The number of aryl methyl sites for hydroxylation is 1. The lowest BCUT2D eigenvalue weighted by Gasteiger charge is -2.47. The molecule has 8 aromatic carbocycles. The summed E-state index contributed by atoms with van der Waals surface area (Å²) in [5.74, 6) is 0. The average molecular weight is 968 g/mol. The normalized spacial score (nSPS) is 17.5. The predicted molar refractivity (Wildman–Crippen MR) is 313 cm³/mol. The second-order valence-electron chi connectivity index (χ2n) is 24.3. The van der Waals surface area contributed by atoms with Crippen LogP contribution in [0.5, 0.6) is 0 Å². The van der Waals surface area contributed by atoms with Crippen LogP contribution in [0, 0.1) is 6.92 Å². The molecule has 14 rings (SSSR count). The molecule has 2 aromatic heterocycles. The monoisotopic (exact) mass is 967 g/mol. The number of thiophene rings is 1.